The van der Waals surface area contributed by atoms with E-state index in [1.807, 2.05) is 6.08 Å². The molecular formula is C25H21F2N5O3. The first kappa shape index (κ1) is 22.5. The van der Waals surface area contributed by atoms with Gasteiger partial charge in [-0.3, -0.25) is 9.48 Å². The lowest BCUT2D eigenvalue weighted by molar-refractivity contribution is -0.131. The topological polar surface area (TPSA) is 104 Å². The maximum Gasteiger partial charge on any atom is 0.352 e. The predicted molar refractivity (Wildman–Crippen MR) is 124 cm³/mol. The molecule has 2 aromatic heterocycles. The molecule has 4 aromatic rings. The second-order valence-corrected chi connectivity index (χ2v) is 8.29. The molecule has 1 aliphatic heterocycles. The Hall–Kier alpha value is -4.34. The van der Waals surface area contributed by atoms with Crippen molar-refractivity contribution in [3.05, 3.63) is 77.8 Å². The van der Waals surface area contributed by atoms with Crippen molar-refractivity contribution >= 4 is 28.4 Å². The van der Waals surface area contributed by atoms with Crippen molar-refractivity contribution < 1.29 is 23.5 Å². The number of H-pyrrole nitrogens is 1. The van der Waals surface area contributed by atoms with Crippen LogP contribution in [0.1, 0.15) is 28.9 Å². The fraction of sp³-hybridized carbons (Fsp3) is 0.200. The van der Waals surface area contributed by atoms with Gasteiger partial charge in [-0.15, -0.1) is 5.10 Å². The van der Waals surface area contributed by atoms with Gasteiger partial charge >= 0.3 is 5.97 Å². The number of halogens is 2. The minimum absolute atomic E-state index is 0.0197. The molecule has 1 aliphatic rings. The molecule has 0 atom stereocenters. The lowest BCUT2D eigenvalue weighted by Gasteiger charge is -2.28. The van der Waals surface area contributed by atoms with E-state index in [9.17, 15) is 19.1 Å². The average Bonchev–Trinajstić information content (AvgIpc) is 3.54. The number of hydrogen-bond donors (Lipinski definition) is 2. The molecule has 2 N–H and O–H groups in total. The number of amides is 1. The summed E-state index contributed by atoms with van der Waals surface area (Å²) in [6.45, 7) is 1.06. The van der Waals surface area contributed by atoms with Crippen LogP contribution >= 0.6 is 0 Å². The second kappa shape index (κ2) is 9.13. The summed E-state index contributed by atoms with van der Waals surface area (Å²) in [6.07, 6.45) is 5.82. The number of carboxylic acids is 1. The minimum Gasteiger partial charge on any atom is -0.477 e. The maximum absolute atomic E-state index is 15.7. The summed E-state index contributed by atoms with van der Waals surface area (Å²) in [4.78, 5) is 28.6. The lowest BCUT2D eigenvalue weighted by Crippen LogP contribution is -2.36. The van der Waals surface area contributed by atoms with Gasteiger partial charge in [-0.25, -0.2) is 13.6 Å². The Morgan fingerprint density at radius 3 is 2.69 bits per heavy atom. The smallest absolute Gasteiger partial charge is 0.352 e. The Labute approximate surface area is 198 Å². The third-order valence-corrected chi connectivity index (χ3v) is 6.12. The fourth-order valence-electron chi connectivity index (χ4n) is 4.38. The van der Waals surface area contributed by atoms with Gasteiger partial charge in [0.1, 0.15) is 11.5 Å². The number of fused-ring (bicyclic) bond motifs is 1. The zero-order valence-electron chi connectivity index (χ0n) is 18.5. The predicted octanol–water partition coefficient (Wildman–Crippen LogP) is 4.11. The van der Waals surface area contributed by atoms with E-state index in [1.54, 1.807) is 34.0 Å². The summed E-state index contributed by atoms with van der Waals surface area (Å²) in [7, 11) is 0. The number of carboxylic acid groups (broad SMARTS) is 1. The number of rotatable bonds is 6. The normalized spacial score (nSPS) is 13.8. The van der Waals surface area contributed by atoms with E-state index >= 15 is 4.39 Å². The van der Waals surface area contributed by atoms with Crippen LogP contribution in [0, 0.1) is 11.6 Å². The van der Waals surface area contributed by atoms with Crippen molar-refractivity contribution in [2.75, 3.05) is 13.1 Å². The van der Waals surface area contributed by atoms with Crippen molar-refractivity contribution in [3.63, 3.8) is 0 Å². The molecule has 0 saturated carbocycles. The number of carbonyl (C=O) groups excluding carboxylic acids is 1. The van der Waals surface area contributed by atoms with Gasteiger partial charge in [-0.2, -0.15) is 0 Å². The molecular weight excluding hydrogens is 456 g/mol. The second-order valence-electron chi connectivity index (χ2n) is 8.29. The van der Waals surface area contributed by atoms with Crippen molar-refractivity contribution in [1.29, 1.82) is 0 Å². The maximum atomic E-state index is 15.7. The summed E-state index contributed by atoms with van der Waals surface area (Å²) >= 11 is 0. The number of aryl methyl sites for hydroxylation is 1. The van der Waals surface area contributed by atoms with Crippen LogP contribution in [-0.4, -0.2) is 55.0 Å². The molecule has 8 nitrogen and oxygen atoms in total. The summed E-state index contributed by atoms with van der Waals surface area (Å²) in [6, 6.07) is 8.91. The molecule has 0 radical (unpaired) electrons. The van der Waals surface area contributed by atoms with Crippen LogP contribution in [0.4, 0.5) is 8.78 Å². The van der Waals surface area contributed by atoms with Crippen LogP contribution in [-0.2, 0) is 11.3 Å². The van der Waals surface area contributed by atoms with Gasteiger partial charge in [0, 0.05) is 42.2 Å². The highest BCUT2D eigenvalue weighted by Gasteiger charge is 2.25. The average molecular weight is 477 g/mol. The number of aromatic carboxylic acids is 1. The molecule has 0 bridgehead atoms. The molecule has 0 spiro atoms. The number of benzene rings is 2. The Bertz CT molecular complexity index is 1460. The van der Waals surface area contributed by atoms with Gasteiger partial charge in [-0.1, -0.05) is 29.5 Å². The lowest BCUT2D eigenvalue weighted by atomic mass is 9.93. The molecule has 0 saturated heterocycles. The molecule has 0 fully saturated rings. The highest BCUT2D eigenvalue weighted by molar-refractivity contribution is 6.03. The van der Waals surface area contributed by atoms with Gasteiger partial charge in [0.2, 0.25) is 5.91 Å². The van der Waals surface area contributed by atoms with Gasteiger partial charge in [0.25, 0.3) is 0 Å². The number of nitrogens with one attached hydrogen (secondary N) is 1. The van der Waals surface area contributed by atoms with Crippen LogP contribution in [0.25, 0.3) is 27.6 Å². The number of aromatic amines is 1. The first-order valence-electron chi connectivity index (χ1n) is 11.1. The van der Waals surface area contributed by atoms with Crippen LogP contribution in [0.5, 0.6) is 0 Å². The van der Waals surface area contributed by atoms with Crippen molar-refractivity contribution in [2.45, 2.75) is 19.4 Å². The monoisotopic (exact) mass is 477 g/mol. The van der Waals surface area contributed by atoms with Gasteiger partial charge in [0.05, 0.1) is 18.3 Å². The quantitative estimate of drug-likeness (QED) is 0.435. The first-order chi connectivity index (χ1) is 16.9. The zero-order chi connectivity index (χ0) is 24.5. The SMILES string of the molecule is O=C(O)c1cc2c(-c3ccccc3F)cc(C3=CCCN(C(=O)CCn4ccnn4)C3)c(F)c2[nH]1. The standard InChI is InChI=1S/C25H21F2N5O3/c26-20-6-2-1-5-16(20)18-12-17(23(27)24-19(18)13-21(29-24)25(34)35)15-4-3-9-31(14-15)22(33)7-10-32-11-8-28-30-32/h1-2,4-6,8,11-13,29H,3,7,9-10,14H2,(H,34,35). The molecule has 3 heterocycles. The summed E-state index contributed by atoms with van der Waals surface area (Å²) < 4.78 is 32.0. The molecule has 5 rings (SSSR count). The molecule has 35 heavy (non-hydrogen) atoms. The van der Waals surface area contributed by atoms with E-state index in [0.29, 0.717) is 30.6 Å². The first-order valence-corrected chi connectivity index (χ1v) is 11.1. The molecule has 0 unspecified atom stereocenters. The highest BCUT2D eigenvalue weighted by atomic mass is 19.1. The number of nitrogens with zero attached hydrogens (tertiary/aromatic N) is 4. The summed E-state index contributed by atoms with van der Waals surface area (Å²) in [5.41, 5.74) is 1.16. The van der Waals surface area contributed by atoms with Crippen molar-refractivity contribution in [2.24, 2.45) is 0 Å². The third kappa shape index (κ3) is 4.30. The third-order valence-electron chi connectivity index (χ3n) is 6.12. The molecule has 1 amide bonds. The zero-order valence-corrected chi connectivity index (χ0v) is 18.5. The van der Waals surface area contributed by atoms with Crippen LogP contribution < -0.4 is 0 Å². The summed E-state index contributed by atoms with van der Waals surface area (Å²) in [5.74, 6) is -2.50. The Morgan fingerprint density at radius 1 is 1.11 bits per heavy atom. The van der Waals surface area contributed by atoms with E-state index in [4.69, 9.17) is 0 Å². The van der Waals surface area contributed by atoms with Crippen LogP contribution in [0.3, 0.4) is 0 Å². The molecule has 0 aliphatic carbocycles. The van der Waals surface area contributed by atoms with E-state index in [-0.39, 0.29) is 46.6 Å². The minimum atomic E-state index is -1.25. The largest absolute Gasteiger partial charge is 0.477 e. The number of hydrogen-bond acceptors (Lipinski definition) is 4. The van der Waals surface area contributed by atoms with E-state index in [1.165, 1.54) is 24.4 Å². The molecule has 10 heteroatoms. The van der Waals surface area contributed by atoms with Gasteiger partial charge in [-0.05, 0) is 35.8 Å². The fourth-order valence-corrected chi connectivity index (χ4v) is 4.38. The van der Waals surface area contributed by atoms with E-state index < -0.39 is 17.6 Å². The van der Waals surface area contributed by atoms with Crippen LogP contribution in [0.2, 0.25) is 0 Å². The Morgan fingerprint density at radius 2 is 1.94 bits per heavy atom. The van der Waals surface area contributed by atoms with Gasteiger partial charge in [0.15, 0.2) is 5.82 Å². The molecule has 178 valence electrons. The Balaban J connectivity index is 1.52. The van der Waals surface area contributed by atoms with E-state index in [2.05, 4.69) is 15.3 Å². The van der Waals surface area contributed by atoms with Gasteiger partial charge < -0.3 is 15.0 Å². The number of carbonyl (C=O) groups is 2. The van der Waals surface area contributed by atoms with E-state index in [0.717, 1.165) is 0 Å². The highest BCUT2D eigenvalue weighted by Crippen LogP contribution is 2.37. The Kier molecular flexibility index (Phi) is 5.86. The van der Waals surface area contributed by atoms with Crippen molar-refractivity contribution in [3.8, 4) is 11.1 Å². The van der Waals surface area contributed by atoms with Crippen molar-refractivity contribution in [1.82, 2.24) is 24.9 Å². The van der Waals surface area contributed by atoms with Crippen LogP contribution in [0.15, 0.2) is 54.9 Å². The summed E-state index contributed by atoms with van der Waals surface area (Å²) in [5, 5.41) is 17.3. The molecule has 2 aromatic carbocycles. The number of aromatic nitrogens is 4.